The molecule has 1 amide bonds. The minimum absolute atomic E-state index is 0.0453. The monoisotopic (exact) mass is 611 g/mol. The molecule has 0 aliphatic heterocycles. The lowest BCUT2D eigenvalue weighted by atomic mass is 10.2. The summed E-state index contributed by atoms with van der Waals surface area (Å²) < 4.78 is 26.4. The fourth-order valence-corrected chi connectivity index (χ4v) is 4.19. The van der Waals surface area contributed by atoms with Crippen molar-refractivity contribution in [3.63, 3.8) is 0 Å². The van der Waals surface area contributed by atoms with Crippen molar-refractivity contribution in [1.82, 2.24) is 9.66 Å². The first kappa shape index (κ1) is 28.4. The van der Waals surface area contributed by atoms with E-state index in [0.717, 1.165) is 4.68 Å². The summed E-state index contributed by atoms with van der Waals surface area (Å²) in [6, 6.07) is 13.3. The van der Waals surface area contributed by atoms with Gasteiger partial charge < -0.3 is 14.8 Å². The van der Waals surface area contributed by atoms with Crippen LogP contribution in [0.25, 0.3) is 10.9 Å². The summed E-state index contributed by atoms with van der Waals surface area (Å²) in [5.41, 5.74) is -0.192. The number of carbonyl (C=O) groups is 1. The SMILES string of the molecule is CCCc1nc2ccc(Br)cc2c(=O)n1N=Cc1cc(OC)c(OCC(=O)Nc2ccccc2F)c([N+](=O)[O-])c1. The number of amides is 1. The van der Waals surface area contributed by atoms with Crippen LogP contribution in [0.2, 0.25) is 0 Å². The van der Waals surface area contributed by atoms with Gasteiger partial charge in [-0.15, -0.1) is 0 Å². The molecule has 0 spiro atoms. The van der Waals surface area contributed by atoms with Gasteiger partial charge in [-0.2, -0.15) is 9.78 Å². The Morgan fingerprint density at radius 2 is 2.02 bits per heavy atom. The number of hydrogen-bond donors (Lipinski definition) is 1. The van der Waals surface area contributed by atoms with E-state index in [1.54, 1.807) is 24.3 Å². The third-order valence-electron chi connectivity index (χ3n) is 5.64. The van der Waals surface area contributed by atoms with Crippen LogP contribution in [0.15, 0.2) is 69.0 Å². The van der Waals surface area contributed by atoms with Crippen LogP contribution in [0.4, 0.5) is 15.8 Å². The molecule has 11 nitrogen and oxygen atoms in total. The van der Waals surface area contributed by atoms with Crippen LogP contribution in [0.1, 0.15) is 24.7 Å². The van der Waals surface area contributed by atoms with Gasteiger partial charge in [0.1, 0.15) is 11.6 Å². The molecule has 4 aromatic rings. The standard InChI is InChI=1S/C27H23BrFN5O6/c1-3-6-24-31-20-10-9-17(28)13-18(20)27(36)33(24)30-14-16-11-22(34(37)38)26(23(12-16)39-2)40-15-25(35)32-21-8-5-4-7-19(21)29/h4-5,7-14H,3,6,15H2,1-2H3,(H,32,35). The van der Waals surface area contributed by atoms with E-state index in [9.17, 15) is 24.1 Å². The Morgan fingerprint density at radius 1 is 1.25 bits per heavy atom. The molecular formula is C27H23BrFN5O6. The number of hydrogen-bond acceptors (Lipinski definition) is 8. The lowest BCUT2D eigenvalue weighted by Gasteiger charge is -2.12. The number of nitrogens with zero attached hydrogens (tertiary/aromatic N) is 4. The summed E-state index contributed by atoms with van der Waals surface area (Å²) in [6.07, 6.45) is 2.46. The van der Waals surface area contributed by atoms with Gasteiger partial charge >= 0.3 is 5.69 Å². The van der Waals surface area contributed by atoms with Gasteiger partial charge in [-0.1, -0.05) is 35.0 Å². The molecule has 0 saturated heterocycles. The molecule has 206 valence electrons. The number of benzene rings is 3. The van der Waals surface area contributed by atoms with E-state index in [4.69, 9.17) is 9.47 Å². The van der Waals surface area contributed by atoms with E-state index in [2.05, 4.69) is 31.3 Å². The number of methoxy groups -OCH3 is 1. The molecule has 0 bridgehead atoms. The first-order chi connectivity index (χ1) is 19.2. The van der Waals surface area contributed by atoms with E-state index < -0.39 is 34.5 Å². The summed E-state index contributed by atoms with van der Waals surface area (Å²) in [5.74, 6) is -1.28. The number of aryl methyl sites for hydroxylation is 1. The van der Waals surface area contributed by atoms with E-state index in [1.165, 1.54) is 43.7 Å². The zero-order valence-corrected chi connectivity index (χ0v) is 23.0. The maximum Gasteiger partial charge on any atom is 0.315 e. The lowest BCUT2D eigenvalue weighted by molar-refractivity contribution is -0.385. The van der Waals surface area contributed by atoms with Crippen LogP contribution >= 0.6 is 15.9 Å². The van der Waals surface area contributed by atoms with Crippen LogP contribution in [-0.4, -0.2) is 40.4 Å². The second-order valence-electron chi connectivity index (χ2n) is 8.45. The highest BCUT2D eigenvalue weighted by molar-refractivity contribution is 9.10. The highest BCUT2D eigenvalue weighted by Crippen LogP contribution is 2.38. The van der Waals surface area contributed by atoms with Crippen molar-refractivity contribution in [2.75, 3.05) is 19.0 Å². The fraction of sp³-hybridized carbons (Fsp3) is 0.185. The summed E-state index contributed by atoms with van der Waals surface area (Å²) >= 11 is 3.36. The summed E-state index contributed by atoms with van der Waals surface area (Å²) in [7, 11) is 1.28. The van der Waals surface area contributed by atoms with Crippen molar-refractivity contribution in [2.45, 2.75) is 19.8 Å². The van der Waals surface area contributed by atoms with Crippen LogP contribution < -0.4 is 20.3 Å². The predicted octanol–water partition coefficient (Wildman–Crippen LogP) is 5.07. The van der Waals surface area contributed by atoms with E-state index in [1.807, 2.05) is 6.92 Å². The fourth-order valence-electron chi connectivity index (χ4n) is 3.83. The van der Waals surface area contributed by atoms with Gasteiger partial charge in [0.2, 0.25) is 5.75 Å². The number of aromatic nitrogens is 2. The van der Waals surface area contributed by atoms with Crippen molar-refractivity contribution in [3.05, 3.63) is 96.7 Å². The molecule has 0 unspecified atom stereocenters. The first-order valence-corrected chi connectivity index (χ1v) is 12.8. The Morgan fingerprint density at radius 3 is 2.73 bits per heavy atom. The minimum atomic E-state index is -0.731. The van der Waals surface area contributed by atoms with Crippen molar-refractivity contribution < 1.29 is 23.6 Å². The Hall–Kier alpha value is -4.65. The van der Waals surface area contributed by atoms with Gasteiger partial charge in [0.25, 0.3) is 11.5 Å². The van der Waals surface area contributed by atoms with Crippen LogP contribution in [-0.2, 0) is 11.2 Å². The maximum atomic E-state index is 13.8. The number of nitro groups is 1. The summed E-state index contributed by atoms with van der Waals surface area (Å²) in [4.78, 5) is 41.3. The van der Waals surface area contributed by atoms with Crippen molar-refractivity contribution >= 4 is 50.3 Å². The third-order valence-corrected chi connectivity index (χ3v) is 6.13. The number of carbonyl (C=O) groups excluding carboxylic acids is 1. The minimum Gasteiger partial charge on any atom is -0.493 e. The number of nitro benzene ring substituents is 1. The maximum absolute atomic E-state index is 13.8. The van der Waals surface area contributed by atoms with Gasteiger partial charge in [0, 0.05) is 22.5 Å². The van der Waals surface area contributed by atoms with Crippen molar-refractivity contribution in [3.8, 4) is 11.5 Å². The van der Waals surface area contributed by atoms with Crippen LogP contribution in [0.5, 0.6) is 11.5 Å². The number of ether oxygens (including phenoxy) is 2. The zero-order chi connectivity index (χ0) is 28.8. The molecule has 0 atom stereocenters. The molecule has 1 heterocycles. The quantitative estimate of drug-likeness (QED) is 0.150. The lowest BCUT2D eigenvalue weighted by Crippen LogP contribution is -2.22. The highest BCUT2D eigenvalue weighted by atomic mass is 79.9. The highest BCUT2D eigenvalue weighted by Gasteiger charge is 2.23. The first-order valence-electron chi connectivity index (χ1n) is 12.0. The third kappa shape index (κ3) is 6.31. The van der Waals surface area contributed by atoms with E-state index in [-0.39, 0.29) is 22.7 Å². The largest absolute Gasteiger partial charge is 0.493 e. The zero-order valence-electron chi connectivity index (χ0n) is 21.4. The molecule has 1 N–H and O–H groups in total. The molecule has 0 aliphatic carbocycles. The van der Waals surface area contributed by atoms with Crippen LogP contribution in [0.3, 0.4) is 0 Å². The van der Waals surface area contributed by atoms with Gasteiger partial charge in [0.15, 0.2) is 12.4 Å². The number of fused-ring (bicyclic) bond motifs is 1. The molecule has 13 heteroatoms. The molecule has 0 fully saturated rings. The predicted molar refractivity (Wildman–Crippen MR) is 151 cm³/mol. The van der Waals surface area contributed by atoms with Crippen LogP contribution in [0, 0.1) is 15.9 Å². The Balaban J connectivity index is 1.66. The number of nitrogens with one attached hydrogen (secondary N) is 1. The molecular weight excluding hydrogens is 589 g/mol. The molecule has 40 heavy (non-hydrogen) atoms. The summed E-state index contributed by atoms with van der Waals surface area (Å²) in [5, 5.41) is 18.9. The molecule has 1 aromatic heterocycles. The van der Waals surface area contributed by atoms with Crippen molar-refractivity contribution in [2.24, 2.45) is 5.10 Å². The number of halogens is 2. The summed E-state index contributed by atoms with van der Waals surface area (Å²) in [6.45, 7) is 1.29. The van der Waals surface area contributed by atoms with Gasteiger partial charge in [-0.3, -0.25) is 19.7 Å². The molecule has 0 aliphatic rings. The molecule has 0 saturated carbocycles. The van der Waals surface area contributed by atoms with Gasteiger partial charge in [-0.05, 0) is 42.8 Å². The average Bonchev–Trinajstić information content (AvgIpc) is 2.93. The van der Waals surface area contributed by atoms with E-state index in [0.29, 0.717) is 34.0 Å². The average molecular weight is 612 g/mol. The Kier molecular flexibility index (Phi) is 8.84. The number of para-hydroxylation sites is 1. The second kappa shape index (κ2) is 12.5. The smallest absolute Gasteiger partial charge is 0.315 e. The Bertz CT molecular complexity index is 1690. The molecule has 4 rings (SSSR count). The molecule has 0 radical (unpaired) electrons. The topological polar surface area (TPSA) is 138 Å². The second-order valence-corrected chi connectivity index (χ2v) is 9.36. The number of anilines is 1. The Labute approximate surface area is 235 Å². The van der Waals surface area contributed by atoms with Gasteiger partial charge in [-0.25, -0.2) is 9.37 Å². The number of rotatable bonds is 10. The van der Waals surface area contributed by atoms with Gasteiger partial charge in [0.05, 0.1) is 34.8 Å². The molecule has 3 aromatic carbocycles. The normalized spacial score (nSPS) is 11.1. The van der Waals surface area contributed by atoms with Crippen molar-refractivity contribution in [1.29, 1.82) is 0 Å². The van der Waals surface area contributed by atoms with E-state index >= 15 is 0 Å².